The first-order chi connectivity index (χ1) is 22.9. The summed E-state index contributed by atoms with van der Waals surface area (Å²) in [4.78, 5) is 55.6. The fourth-order valence-corrected chi connectivity index (χ4v) is 5.44. The average molecular weight is 660 g/mol. The van der Waals surface area contributed by atoms with Gasteiger partial charge in [0.25, 0.3) is 0 Å². The number of nitrogens with one attached hydrogen (secondary N) is 3. The number of aliphatic hydroxyl groups is 1. The summed E-state index contributed by atoms with van der Waals surface area (Å²) in [5.74, 6) is -3.44. The number of allylic oxidation sites excluding steroid dienone is 2. The van der Waals surface area contributed by atoms with Crippen LogP contribution in [0, 0.1) is 11.8 Å². The van der Waals surface area contributed by atoms with E-state index in [4.69, 9.17) is 9.47 Å². The number of benzene rings is 2. The van der Waals surface area contributed by atoms with Crippen LogP contribution in [0.1, 0.15) is 57.6 Å². The molecule has 0 aliphatic heterocycles. The molecule has 10 heteroatoms. The van der Waals surface area contributed by atoms with Crippen molar-refractivity contribution in [2.45, 2.75) is 77.0 Å². The van der Waals surface area contributed by atoms with Crippen molar-refractivity contribution in [1.29, 1.82) is 0 Å². The number of carbonyl (C=O) groups excluding carboxylic acids is 4. The van der Waals surface area contributed by atoms with Gasteiger partial charge in [0.05, 0.1) is 36.9 Å². The summed E-state index contributed by atoms with van der Waals surface area (Å²) in [7, 11) is 0. The summed E-state index contributed by atoms with van der Waals surface area (Å²) in [6.45, 7) is 12.3. The summed E-state index contributed by atoms with van der Waals surface area (Å²) in [6.07, 6.45) is 5.91. The third-order valence-electron chi connectivity index (χ3n) is 7.70. The summed E-state index contributed by atoms with van der Waals surface area (Å²) < 4.78 is 11.1. The number of ether oxygens (including phenoxy) is 2. The molecule has 4 N–H and O–H groups in total. The van der Waals surface area contributed by atoms with Gasteiger partial charge in [-0.15, -0.1) is 13.2 Å². The maximum atomic E-state index is 13.7. The van der Waals surface area contributed by atoms with Crippen LogP contribution in [0.2, 0.25) is 0 Å². The number of aromatic amines is 1. The highest BCUT2D eigenvalue weighted by Gasteiger charge is 2.29. The predicted octanol–water partition coefficient (Wildman–Crippen LogP) is 4.96. The summed E-state index contributed by atoms with van der Waals surface area (Å²) in [5.41, 5.74) is 2.10. The number of hydrogen-bond acceptors (Lipinski definition) is 7. The third kappa shape index (κ3) is 12.5. The highest BCUT2D eigenvalue weighted by atomic mass is 16.6. The molecule has 0 saturated heterocycles. The average Bonchev–Trinajstić information content (AvgIpc) is 3.44. The molecule has 0 aliphatic carbocycles. The lowest BCUT2D eigenvalue weighted by Gasteiger charge is -2.24. The highest BCUT2D eigenvalue weighted by Crippen LogP contribution is 2.21. The zero-order valence-electron chi connectivity index (χ0n) is 28.2. The molecule has 3 aromatic rings. The normalized spacial score (nSPS) is 13.8. The van der Waals surface area contributed by atoms with Crippen molar-refractivity contribution >= 4 is 34.7 Å². The van der Waals surface area contributed by atoms with E-state index in [0.717, 1.165) is 22.0 Å². The molecule has 1 heterocycles. The topological polar surface area (TPSA) is 147 Å². The number of aliphatic hydroxyl groups excluding tert-OH is 1. The standard InChI is InChI=1S/C38H49N3O7/c1-6-13-27(21-34(43)40-30(24-42)19-26-15-9-8-10-16-26)36(45)41-31(20-29-23-39-33-18-12-11-17-32(29)33)25-47-37(46)28(14-7-2)22-35(44)48-38(3,4)5/h6-12,15-18,23,27-28,30-31,39,42H,1-2,13-14,19-22,24-25H2,3-5H3,(H,40,43)(H,41,45)/t27-,28-,30+,31-/m1/s1. The van der Waals surface area contributed by atoms with Crippen molar-refractivity contribution < 1.29 is 33.8 Å². The Labute approximate surface area is 283 Å². The largest absolute Gasteiger partial charge is 0.463 e. The summed E-state index contributed by atoms with van der Waals surface area (Å²) in [5, 5.41) is 16.7. The van der Waals surface area contributed by atoms with E-state index in [1.807, 2.05) is 60.8 Å². The Hall–Kier alpha value is -4.70. The van der Waals surface area contributed by atoms with E-state index in [0.29, 0.717) is 12.8 Å². The zero-order valence-corrected chi connectivity index (χ0v) is 28.2. The van der Waals surface area contributed by atoms with Gasteiger partial charge >= 0.3 is 11.9 Å². The number of esters is 2. The molecule has 0 radical (unpaired) electrons. The molecule has 2 amide bonds. The van der Waals surface area contributed by atoms with Crippen LogP contribution in [0.5, 0.6) is 0 Å². The minimum atomic E-state index is -0.797. The smallest absolute Gasteiger partial charge is 0.309 e. The number of rotatable bonds is 19. The van der Waals surface area contributed by atoms with Crippen LogP contribution in [-0.4, -0.2) is 64.7 Å². The van der Waals surface area contributed by atoms with Gasteiger partial charge in [-0.05, 0) is 63.6 Å². The SMILES string of the molecule is C=CC[C@H](CC(=O)N[C@H](CO)Cc1ccccc1)C(=O)N[C@@H](COC(=O)[C@H](CC=C)CC(=O)OC(C)(C)C)Cc1c[nH]c2ccccc12. The van der Waals surface area contributed by atoms with E-state index in [-0.39, 0.29) is 44.8 Å². The minimum absolute atomic E-state index is 0.125. The fourth-order valence-electron chi connectivity index (χ4n) is 5.44. The van der Waals surface area contributed by atoms with Crippen molar-refractivity contribution in [3.8, 4) is 0 Å². The molecule has 10 nitrogen and oxygen atoms in total. The van der Waals surface area contributed by atoms with Crippen LogP contribution in [-0.2, 0) is 41.5 Å². The van der Waals surface area contributed by atoms with E-state index >= 15 is 0 Å². The second kappa shape index (κ2) is 18.6. The first kappa shape index (κ1) is 37.8. The summed E-state index contributed by atoms with van der Waals surface area (Å²) in [6, 6.07) is 16.1. The fraction of sp³-hybridized carbons (Fsp3) is 0.421. The number of hydrogen-bond donors (Lipinski definition) is 4. The Kier molecular flexibility index (Phi) is 14.6. The van der Waals surface area contributed by atoms with Gasteiger partial charge in [0.2, 0.25) is 11.8 Å². The Morgan fingerprint density at radius 3 is 2.21 bits per heavy atom. The van der Waals surface area contributed by atoms with Gasteiger partial charge < -0.3 is 30.2 Å². The van der Waals surface area contributed by atoms with Gasteiger partial charge in [0, 0.05) is 23.5 Å². The molecular formula is C38H49N3O7. The highest BCUT2D eigenvalue weighted by molar-refractivity contribution is 5.87. The van der Waals surface area contributed by atoms with Gasteiger partial charge in [0.15, 0.2) is 0 Å². The quantitative estimate of drug-likeness (QED) is 0.105. The van der Waals surface area contributed by atoms with Gasteiger partial charge in [-0.1, -0.05) is 60.7 Å². The van der Waals surface area contributed by atoms with Gasteiger partial charge in [-0.3, -0.25) is 19.2 Å². The maximum absolute atomic E-state index is 13.7. The van der Waals surface area contributed by atoms with E-state index in [1.54, 1.807) is 32.9 Å². The van der Waals surface area contributed by atoms with Gasteiger partial charge in [-0.2, -0.15) is 0 Å². The van der Waals surface area contributed by atoms with Crippen LogP contribution in [0.4, 0.5) is 0 Å². The van der Waals surface area contributed by atoms with Crippen LogP contribution >= 0.6 is 0 Å². The second-order valence-corrected chi connectivity index (χ2v) is 13.0. The number of amides is 2. The van der Waals surface area contributed by atoms with Crippen molar-refractivity contribution in [3.63, 3.8) is 0 Å². The molecule has 0 bridgehead atoms. The molecule has 48 heavy (non-hydrogen) atoms. The van der Waals surface area contributed by atoms with Gasteiger partial charge in [-0.25, -0.2) is 0 Å². The lowest BCUT2D eigenvalue weighted by Crippen LogP contribution is -2.45. The number of para-hydroxylation sites is 1. The van der Waals surface area contributed by atoms with E-state index in [2.05, 4.69) is 28.8 Å². The van der Waals surface area contributed by atoms with Crippen molar-refractivity contribution in [1.82, 2.24) is 15.6 Å². The van der Waals surface area contributed by atoms with Crippen LogP contribution in [0.25, 0.3) is 10.9 Å². The zero-order chi connectivity index (χ0) is 35.1. The van der Waals surface area contributed by atoms with Crippen LogP contribution < -0.4 is 10.6 Å². The first-order valence-electron chi connectivity index (χ1n) is 16.3. The van der Waals surface area contributed by atoms with Crippen LogP contribution in [0.3, 0.4) is 0 Å². The van der Waals surface area contributed by atoms with E-state index in [9.17, 15) is 24.3 Å². The molecule has 1 aromatic heterocycles. The molecular weight excluding hydrogens is 610 g/mol. The molecule has 0 fully saturated rings. The predicted molar refractivity (Wildman–Crippen MR) is 186 cm³/mol. The van der Waals surface area contributed by atoms with Crippen LogP contribution in [0.15, 0.2) is 86.1 Å². The molecule has 3 rings (SSSR count). The molecule has 0 aliphatic rings. The van der Waals surface area contributed by atoms with Crippen molar-refractivity contribution in [2.75, 3.05) is 13.2 Å². The monoisotopic (exact) mass is 659 g/mol. The minimum Gasteiger partial charge on any atom is -0.463 e. The maximum Gasteiger partial charge on any atom is 0.309 e. The van der Waals surface area contributed by atoms with E-state index in [1.165, 1.54) is 0 Å². The molecule has 0 unspecified atom stereocenters. The lowest BCUT2D eigenvalue weighted by molar-refractivity contribution is -0.161. The van der Waals surface area contributed by atoms with Crippen molar-refractivity contribution in [2.24, 2.45) is 11.8 Å². The molecule has 4 atom stereocenters. The Balaban J connectivity index is 1.73. The Morgan fingerprint density at radius 2 is 1.54 bits per heavy atom. The van der Waals surface area contributed by atoms with Gasteiger partial charge in [0.1, 0.15) is 12.2 Å². The second-order valence-electron chi connectivity index (χ2n) is 13.0. The first-order valence-corrected chi connectivity index (χ1v) is 16.3. The summed E-state index contributed by atoms with van der Waals surface area (Å²) >= 11 is 0. The number of fused-ring (bicyclic) bond motifs is 1. The molecule has 0 spiro atoms. The Morgan fingerprint density at radius 1 is 0.875 bits per heavy atom. The number of aromatic nitrogens is 1. The molecule has 0 saturated carbocycles. The molecule has 2 aromatic carbocycles. The van der Waals surface area contributed by atoms with E-state index < -0.39 is 47.4 Å². The van der Waals surface area contributed by atoms with Crippen molar-refractivity contribution in [3.05, 3.63) is 97.2 Å². The lowest BCUT2D eigenvalue weighted by atomic mass is 9.97. The molecule has 258 valence electrons. The third-order valence-corrected chi connectivity index (χ3v) is 7.70. The number of carbonyl (C=O) groups is 4. The number of H-pyrrole nitrogens is 1. The Bertz CT molecular complexity index is 1530.